The molecule has 1 aromatic carbocycles. The molecule has 244 valence electrons. The zero-order valence-electron chi connectivity index (χ0n) is 27.0. The molecule has 2 aliphatic rings. The summed E-state index contributed by atoms with van der Waals surface area (Å²) in [5, 5.41) is 26.2. The highest BCUT2D eigenvalue weighted by Crippen LogP contribution is 2.42. The van der Waals surface area contributed by atoms with Crippen molar-refractivity contribution in [3.8, 4) is 11.5 Å². The average Bonchev–Trinajstić information content (AvgIpc) is 3.02. The van der Waals surface area contributed by atoms with Gasteiger partial charge in [0, 0.05) is 38.3 Å². The molecule has 0 radical (unpaired) electrons. The lowest BCUT2D eigenvalue weighted by Gasteiger charge is -2.31. The molecule has 0 saturated carbocycles. The van der Waals surface area contributed by atoms with Crippen LogP contribution >= 0.6 is 0 Å². The molecule has 1 atom stereocenters. The van der Waals surface area contributed by atoms with Gasteiger partial charge in [0.1, 0.15) is 22.9 Å². The lowest BCUT2D eigenvalue weighted by atomic mass is 9.88. The fourth-order valence-corrected chi connectivity index (χ4v) is 5.45. The van der Waals surface area contributed by atoms with Gasteiger partial charge in [0.2, 0.25) is 0 Å². The van der Waals surface area contributed by atoms with Crippen molar-refractivity contribution in [1.29, 1.82) is 0 Å². The van der Waals surface area contributed by atoms with Gasteiger partial charge in [-0.25, -0.2) is 0 Å². The Bertz CT molecular complexity index is 1200. The maximum absolute atomic E-state index is 12.1. The van der Waals surface area contributed by atoms with Crippen LogP contribution in [0.4, 0.5) is 0 Å². The van der Waals surface area contributed by atoms with Gasteiger partial charge in [0.25, 0.3) is 0 Å². The number of hydrogen-bond acceptors (Lipinski definition) is 11. The molecule has 3 rings (SSSR count). The Balaban J connectivity index is 1.50. The van der Waals surface area contributed by atoms with Gasteiger partial charge in [-0.15, -0.1) is 0 Å². The Morgan fingerprint density at radius 1 is 0.909 bits per heavy atom. The van der Waals surface area contributed by atoms with Crippen LogP contribution in [0, 0.1) is 0 Å². The van der Waals surface area contributed by atoms with Crippen LogP contribution in [0.3, 0.4) is 0 Å². The smallest absolute Gasteiger partial charge is 0.320 e. The van der Waals surface area contributed by atoms with Crippen molar-refractivity contribution in [2.24, 2.45) is 10.3 Å². The number of hydrogen-bond donors (Lipinski definition) is 2. The monoisotopic (exact) mass is 614 g/mol. The number of carbonyl (C=O) groups excluding carboxylic acids is 1. The van der Waals surface area contributed by atoms with E-state index in [4.69, 9.17) is 18.9 Å². The Labute approximate surface area is 261 Å². The summed E-state index contributed by atoms with van der Waals surface area (Å²) in [5.74, 6) is 0.821. The predicted molar refractivity (Wildman–Crippen MR) is 171 cm³/mol. The summed E-state index contributed by atoms with van der Waals surface area (Å²) in [6.45, 7) is 9.34. The van der Waals surface area contributed by atoms with E-state index in [9.17, 15) is 15.2 Å². The van der Waals surface area contributed by atoms with Crippen molar-refractivity contribution in [2.75, 3.05) is 67.2 Å². The van der Waals surface area contributed by atoms with Crippen LogP contribution in [0.25, 0.3) is 0 Å². The van der Waals surface area contributed by atoms with E-state index in [1.807, 2.05) is 19.9 Å². The molecule has 0 aromatic heterocycles. The van der Waals surface area contributed by atoms with Crippen molar-refractivity contribution in [3.63, 3.8) is 0 Å². The normalized spacial score (nSPS) is 17.8. The second-order valence-corrected chi connectivity index (χ2v) is 11.6. The number of rotatable bonds is 17. The molecule has 1 saturated heterocycles. The molecule has 11 nitrogen and oxygen atoms in total. The highest BCUT2D eigenvalue weighted by molar-refractivity contribution is 6.27. The molecule has 44 heavy (non-hydrogen) atoms. The molecule has 2 N–H and O–H groups in total. The molecular weight excluding hydrogens is 564 g/mol. The minimum absolute atomic E-state index is 0.124. The predicted octanol–water partition coefficient (Wildman–Crippen LogP) is 5.18. The largest absolute Gasteiger partial charge is 0.496 e. The molecule has 0 amide bonds. The van der Waals surface area contributed by atoms with Crippen LogP contribution in [-0.2, 0) is 14.3 Å². The number of ether oxygens (including phenoxy) is 4. The number of unbranched alkanes of at least 4 members (excludes halogenated alkanes) is 5. The Hall–Kier alpha value is -3.41. The first-order valence-corrected chi connectivity index (χ1v) is 15.6. The van der Waals surface area contributed by atoms with Gasteiger partial charge in [-0.2, -0.15) is 0 Å². The Morgan fingerprint density at radius 3 is 2.11 bits per heavy atom. The molecule has 1 aromatic rings. The second-order valence-electron chi connectivity index (χ2n) is 11.6. The first kappa shape index (κ1) is 35.1. The number of carbonyl (C=O) groups is 1. The third kappa shape index (κ3) is 10.1. The third-order valence-corrected chi connectivity index (χ3v) is 7.98. The summed E-state index contributed by atoms with van der Waals surface area (Å²) in [5.41, 5.74) is 3.45. The molecule has 0 bridgehead atoms. The quantitative estimate of drug-likeness (QED) is 0.0803. The van der Waals surface area contributed by atoms with Crippen molar-refractivity contribution in [1.82, 2.24) is 9.80 Å². The van der Waals surface area contributed by atoms with Crippen LogP contribution in [-0.4, -0.2) is 105 Å². The number of fused-ring (bicyclic) bond motifs is 1. The van der Waals surface area contributed by atoms with E-state index in [1.165, 1.54) is 5.57 Å². The molecular formula is C33H50N4O7. The number of allylic oxidation sites excluding steroid dienone is 3. The zero-order chi connectivity index (χ0) is 31.9. The van der Waals surface area contributed by atoms with E-state index in [2.05, 4.69) is 33.2 Å². The minimum Gasteiger partial charge on any atom is -0.496 e. The minimum atomic E-state index is -0.333. The number of nitrogens with zero attached hydrogens (tertiary/aromatic N) is 4. The van der Waals surface area contributed by atoms with Crippen LogP contribution in [0.15, 0.2) is 40.2 Å². The molecule has 11 heteroatoms. The van der Waals surface area contributed by atoms with Gasteiger partial charge in [0.05, 0.1) is 44.6 Å². The van der Waals surface area contributed by atoms with Gasteiger partial charge < -0.3 is 34.3 Å². The number of piperazine rings is 1. The van der Waals surface area contributed by atoms with Gasteiger partial charge >= 0.3 is 5.97 Å². The summed E-state index contributed by atoms with van der Waals surface area (Å²) in [7, 11) is 5.20. The van der Waals surface area contributed by atoms with Crippen molar-refractivity contribution in [2.45, 2.75) is 64.9 Å². The van der Waals surface area contributed by atoms with E-state index in [1.54, 1.807) is 26.4 Å². The van der Waals surface area contributed by atoms with E-state index < -0.39 is 0 Å². The Kier molecular flexibility index (Phi) is 14.7. The summed E-state index contributed by atoms with van der Waals surface area (Å²) < 4.78 is 23.4. The van der Waals surface area contributed by atoms with Gasteiger partial charge in [-0.1, -0.05) is 47.6 Å². The zero-order valence-corrected chi connectivity index (χ0v) is 27.0. The number of esters is 1. The van der Waals surface area contributed by atoms with Crippen LogP contribution in [0.5, 0.6) is 11.5 Å². The van der Waals surface area contributed by atoms with Crippen LogP contribution in [0.1, 0.15) is 81.6 Å². The van der Waals surface area contributed by atoms with Crippen molar-refractivity contribution < 1.29 is 34.2 Å². The summed E-state index contributed by atoms with van der Waals surface area (Å²) >= 11 is 0. The molecule has 1 heterocycles. The first-order valence-electron chi connectivity index (χ1n) is 15.6. The van der Waals surface area contributed by atoms with E-state index in [0.29, 0.717) is 48.8 Å². The molecule has 1 aliphatic carbocycles. The first-order chi connectivity index (χ1) is 21.3. The number of benzene rings is 1. The van der Waals surface area contributed by atoms with Gasteiger partial charge in [-0.3, -0.25) is 9.69 Å². The number of oxime groups is 2. The van der Waals surface area contributed by atoms with Crippen LogP contribution in [0.2, 0.25) is 0 Å². The van der Waals surface area contributed by atoms with E-state index >= 15 is 0 Å². The SMILES string of the molecule is COc1cc([C@@H](CC=C(C)C)OCCCCCCCCOC(=O)CN2CCN(C)CC2)c(OC)c2c1/C(=N/O)C=C/C2=N\O. The molecule has 1 aliphatic heterocycles. The van der Waals surface area contributed by atoms with Crippen molar-refractivity contribution >= 4 is 17.4 Å². The van der Waals surface area contributed by atoms with Crippen molar-refractivity contribution in [3.05, 3.63) is 46.6 Å². The second kappa shape index (κ2) is 18.4. The highest BCUT2D eigenvalue weighted by atomic mass is 16.5. The lowest BCUT2D eigenvalue weighted by molar-refractivity contribution is -0.145. The maximum atomic E-state index is 12.1. The summed E-state index contributed by atoms with van der Waals surface area (Å²) in [6.07, 6.45) is 11.5. The standard InChI is InChI=1S/C33H50N4O7/c1-24(2)12-15-28(25-22-29(41-4)31-26(34-39)13-14-27(35-40)32(31)33(25)42-5)43-20-10-8-6-7-9-11-21-44-30(38)23-37-18-16-36(3)17-19-37/h12-14,22,28,39-40H,6-11,15-21,23H2,1-5H3/b34-26+,35-27+/t28-/m1/s1. The molecule has 1 fully saturated rings. The average molecular weight is 615 g/mol. The topological polar surface area (TPSA) is 126 Å². The Morgan fingerprint density at radius 2 is 1.52 bits per heavy atom. The van der Waals surface area contributed by atoms with Gasteiger partial charge in [-0.05, 0) is 58.4 Å². The fourth-order valence-electron chi connectivity index (χ4n) is 5.45. The molecule has 0 unspecified atom stereocenters. The van der Waals surface area contributed by atoms with Gasteiger partial charge in [0.15, 0.2) is 0 Å². The maximum Gasteiger partial charge on any atom is 0.320 e. The summed E-state index contributed by atoms with van der Waals surface area (Å²) in [6, 6.07) is 1.85. The molecule has 0 spiro atoms. The fraction of sp³-hybridized carbons (Fsp3) is 0.606. The summed E-state index contributed by atoms with van der Waals surface area (Å²) in [4.78, 5) is 16.5. The van der Waals surface area contributed by atoms with E-state index in [-0.39, 0.29) is 23.5 Å². The number of methoxy groups -OCH3 is 2. The highest BCUT2D eigenvalue weighted by Gasteiger charge is 2.31. The van der Waals surface area contributed by atoms with Crippen LogP contribution < -0.4 is 9.47 Å². The third-order valence-electron chi connectivity index (χ3n) is 7.98. The lowest BCUT2D eigenvalue weighted by Crippen LogP contribution is -2.46. The number of likely N-dealkylation sites (N-methyl/N-ethyl adjacent to an activating group) is 1. The van der Waals surface area contributed by atoms with E-state index in [0.717, 1.165) is 70.3 Å².